The minimum atomic E-state index is -0.918. The Morgan fingerprint density at radius 1 is 1.43 bits per heavy atom. The number of carboxylic acid groups (broad SMARTS) is 1. The molecule has 1 saturated heterocycles. The van der Waals surface area contributed by atoms with Gasteiger partial charge in [0, 0.05) is 29.3 Å². The molecule has 0 bridgehead atoms. The minimum absolute atomic E-state index is 0.447. The zero-order chi connectivity index (χ0) is 15.5. The van der Waals surface area contributed by atoms with Gasteiger partial charge >= 0.3 is 5.97 Å². The lowest BCUT2D eigenvalue weighted by molar-refractivity contribution is -0.131. The molecule has 0 spiro atoms. The number of rotatable bonds is 4. The van der Waals surface area contributed by atoms with E-state index in [4.69, 9.17) is 5.11 Å². The van der Waals surface area contributed by atoms with Crippen molar-refractivity contribution < 1.29 is 9.90 Å². The number of piperidine rings is 1. The van der Waals surface area contributed by atoms with Crippen LogP contribution in [-0.4, -0.2) is 24.2 Å². The summed E-state index contributed by atoms with van der Waals surface area (Å²) in [7, 11) is 0. The lowest BCUT2D eigenvalue weighted by Crippen LogP contribution is -2.38. The molecule has 4 heteroatoms. The first-order valence-corrected chi connectivity index (χ1v) is 8.18. The van der Waals surface area contributed by atoms with Crippen LogP contribution in [0.25, 0.3) is 6.08 Å². The van der Waals surface area contributed by atoms with Crippen molar-refractivity contribution in [1.82, 2.24) is 0 Å². The Kier molecular flexibility index (Phi) is 5.09. The van der Waals surface area contributed by atoms with Crippen LogP contribution in [0.2, 0.25) is 0 Å². The average Bonchev–Trinajstić information content (AvgIpc) is 2.46. The fourth-order valence-electron chi connectivity index (χ4n) is 2.75. The molecule has 0 aliphatic carbocycles. The number of halogens is 1. The second-order valence-electron chi connectivity index (χ2n) is 6.03. The number of hydrogen-bond acceptors (Lipinski definition) is 2. The first kappa shape index (κ1) is 16.1. The largest absolute Gasteiger partial charge is 0.478 e. The van der Waals surface area contributed by atoms with E-state index in [0.717, 1.165) is 28.8 Å². The lowest BCUT2D eigenvalue weighted by atomic mass is 9.78. The van der Waals surface area contributed by atoms with Crippen LogP contribution in [0.5, 0.6) is 0 Å². The second-order valence-corrected chi connectivity index (χ2v) is 6.94. The van der Waals surface area contributed by atoms with Crippen molar-refractivity contribution in [2.24, 2.45) is 5.41 Å². The van der Waals surface area contributed by atoms with Gasteiger partial charge in [0.05, 0.1) is 0 Å². The Morgan fingerprint density at radius 3 is 2.67 bits per heavy atom. The highest BCUT2D eigenvalue weighted by atomic mass is 79.9. The van der Waals surface area contributed by atoms with E-state index >= 15 is 0 Å². The van der Waals surface area contributed by atoms with Crippen LogP contribution in [0, 0.1) is 5.41 Å². The zero-order valence-electron chi connectivity index (χ0n) is 12.6. The maximum absolute atomic E-state index is 10.8. The van der Waals surface area contributed by atoms with E-state index in [9.17, 15) is 4.79 Å². The zero-order valence-corrected chi connectivity index (χ0v) is 14.2. The molecule has 2 rings (SSSR count). The number of aliphatic carboxylic acids is 1. The molecular weight excluding hydrogens is 330 g/mol. The van der Waals surface area contributed by atoms with Gasteiger partial charge in [-0.1, -0.05) is 36.2 Å². The summed E-state index contributed by atoms with van der Waals surface area (Å²) in [5.41, 5.74) is 2.52. The topological polar surface area (TPSA) is 40.5 Å². The summed E-state index contributed by atoms with van der Waals surface area (Å²) in [5, 5.41) is 8.83. The van der Waals surface area contributed by atoms with Crippen molar-refractivity contribution in [3.63, 3.8) is 0 Å². The summed E-state index contributed by atoms with van der Waals surface area (Å²) in [6, 6.07) is 6.06. The molecule has 3 nitrogen and oxygen atoms in total. The van der Waals surface area contributed by atoms with Crippen LogP contribution in [-0.2, 0) is 4.79 Å². The second kappa shape index (κ2) is 6.65. The number of hydrogen-bond donors (Lipinski definition) is 1. The highest BCUT2D eigenvalue weighted by Crippen LogP contribution is 2.37. The number of anilines is 1. The molecule has 1 aromatic carbocycles. The smallest absolute Gasteiger partial charge is 0.328 e. The van der Waals surface area contributed by atoms with Crippen LogP contribution < -0.4 is 4.90 Å². The third-order valence-electron chi connectivity index (χ3n) is 4.56. The number of benzene rings is 1. The van der Waals surface area contributed by atoms with E-state index in [1.807, 2.05) is 12.1 Å². The van der Waals surface area contributed by atoms with E-state index in [2.05, 4.69) is 40.7 Å². The van der Waals surface area contributed by atoms with Crippen LogP contribution in [0.3, 0.4) is 0 Å². The van der Waals surface area contributed by atoms with E-state index in [-0.39, 0.29) is 0 Å². The Morgan fingerprint density at radius 2 is 2.10 bits per heavy atom. The predicted molar refractivity (Wildman–Crippen MR) is 90.7 cm³/mol. The maximum Gasteiger partial charge on any atom is 0.328 e. The van der Waals surface area contributed by atoms with Gasteiger partial charge in [0.25, 0.3) is 0 Å². The minimum Gasteiger partial charge on any atom is -0.478 e. The molecule has 1 aliphatic rings. The van der Waals surface area contributed by atoms with Gasteiger partial charge in [0.1, 0.15) is 0 Å². The van der Waals surface area contributed by atoms with Gasteiger partial charge in [-0.15, -0.1) is 0 Å². The summed E-state index contributed by atoms with van der Waals surface area (Å²) in [4.78, 5) is 13.1. The van der Waals surface area contributed by atoms with Gasteiger partial charge in [-0.25, -0.2) is 4.79 Å². The highest BCUT2D eigenvalue weighted by molar-refractivity contribution is 9.10. The number of carboxylic acids is 1. The summed E-state index contributed by atoms with van der Waals surface area (Å²) in [6.45, 7) is 6.67. The first-order valence-electron chi connectivity index (χ1n) is 7.39. The van der Waals surface area contributed by atoms with Crippen LogP contribution >= 0.6 is 15.9 Å². The third-order valence-corrected chi connectivity index (χ3v) is 5.05. The predicted octanol–water partition coefficient (Wildman–Crippen LogP) is 4.56. The molecule has 1 heterocycles. The fraction of sp³-hybridized carbons (Fsp3) is 0.471. The number of nitrogens with zero attached hydrogens (tertiary/aromatic N) is 1. The lowest BCUT2D eigenvalue weighted by Gasteiger charge is -2.40. The van der Waals surface area contributed by atoms with Gasteiger partial charge in [-0.3, -0.25) is 0 Å². The van der Waals surface area contributed by atoms with Crippen LogP contribution in [0.15, 0.2) is 28.7 Å². The SMILES string of the molecule is CCC1(C)CCN(c2ccc(Br)cc2/C=C/C(=O)O)CC1. The fourth-order valence-corrected chi connectivity index (χ4v) is 3.13. The molecule has 0 saturated carbocycles. The summed E-state index contributed by atoms with van der Waals surface area (Å²) in [5.74, 6) is -0.918. The van der Waals surface area contributed by atoms with Gasteiger partial charge < -0.3 is 10.0 Å². The van der Waals surface area contributed by atoms with Crippen molar-refractivity contribution in [3.8, 4) is 0 Å². The van der Waals surface area contributed by atoms with E-state index in [1.54, 1.807) is 6.08 Å². The Bertz CT molecular complexity index is 546. The normalized spacial score (nSPS) is 18.1. The van der Waals surface area contributed by atoms with Gasteiger partial charge in [0.2, 0.25) is 0 Å². The Hall–Kier alpha value is -1.29. The van der Waals surface area contributed by atoms with Crippen LogP contribution in [0.1, 0.15) is 38.7 Å². The maximum atomic E-state index is 10.8. The third kappa shape index (κ3) is 4.10. The Labute approximate surface area is 134 Å². The summed E-state index contributed by atoms with van der Waals surface area (Å²) in [6.07, 6.45) is 6.46. The molecule has 1 fully saturated rings. The van der Waals surface area contributed by atoms with Crippen LogP contribution in [0.4, 0.5) is 5.69 Å². The molecule has 1 aliphatic heterocycles. The monoisotopic (exact) mass is 351 g/mol. The van der Waals surface area contributed by atoms with E-state index in [0.29, 0.717) is 5.41 Å². The average molecular weight is 352 g/mol. The molecule has 0 unspecified atom stereocenters. The molecule has 1 aromatic rings. The quantitative estimate of drug-likeness (QED) is 0.808. The summed E-state index contributed by atoms with van der Waals surface area (Å²) < 4.78 is 0.965. The van der Waals surface area contributed by atoms with Gasteiger partial charge in [0.15, 0.2) is 0 Å². The molecule has 0 aromatic heterocycles. The molecule has 1 N–H and O–H groups in total. The van der Waals surface area contributed by atoms with E-state index < -0.39 is 5.97 Å². The molecular formula is C17H22BrNO2. The van der Waals surface area contributed by atoms with Crippen molar-refractivity contribution in [2.75, 3.05) is 18.0 Å². The molecule has 0 amide bonds. The van der Waals surface area contributed by atoms with Gasteiger partial charge in [-0.05, 0) is 48.1 Å². The highest BCUT2D eigenvalue weighted by Gasteiger charge is 2.28. The van der Waals surface area contributed by atoms with E-state index in [1.165, 1.54) is 25.3 Å². The first-order chi connectivity index (χ1) is 9.93. The molecule has 21 heavy (non-hydrogen) atoms. The standard InChI is InChI=1S/C17H22BrNO2/c1-3-17(2)8-10-19(11-9-17)15-6-5-14(18)12-13(15)4-7-16(20)21/h4-7,12H,3,8-11H2,1-2H3,(H,20,21)/b7-4+. The van der Waals surface area contributed by atoms with Crippen molar-refractivity contribution >= 4 is 33.7 Å². The van der Waals surface area contributed by atoms with Crippen molar-refractivity contribution in [3.05, 3.63) is 34.3 Å². The molecule has 114 valence electrons. The Balaban J connectivity index is 2.22. The van der Waals surface area contributed by atoms with Gasteiger partial charge in [-0.2, -0.15) is 0 Å². The van der Waals surface area contributed by atoms with Crippen molar-refractivity contribution in [2.45, 2.75) is 33.1 Å². The molecule has 0 atom stereocenters. The summed E-state index contributed by atoms with van der Waals surface area (Å²) >= 11 is 3.46. The molecule has 0 radical (unpaired) electrons. The number of carbonyl (C=O) groups is 1. The van der Waals surface area contributed by atoms with Crippen molar-refractivity contribution in [1.29, 1.82) is 0 Å².